The molecule has 1 aromatic heterocycles. The SMILES string of the molecule is CC[C@H](OC(C)=O)c1nc(-c2ccc(C(=O)OC(C)(C)C)c(F)c2)no1. The van der Waals surface area contributed by atoms with Gasteiger partial charge in [-0.2, -0.15) is 4.98 Å². The van der Waals surface area contributed by atoms with Gasteiger partial charge < -0.3 is 14.0 Å². The Hall–Kier alpha value is -2.77. The van der Waals surface area contributed by atoms with Gasteiger partial charge in [-0.05, 0) is 45.4 Å². The second-order valence-corrected chi connectivity index (χ2v) is 6.66. The Morgan fingerprint density at radius 1 is 1.31 bits per heavy atom. The molecule has 0 N–H and O–H groups in total. The van der Waals surface area contributed by atoms with Crippen molar-refractivity contribution in [2.24, 2.45) is 0 Å². The fourth-order valence-electron chi connectivity index (χ4n) is 2.14. The highest BCUT2D eigenvalue weighted by molar-refractivity contribution is 5.90. The van der Waals surface area contributed by atoms with E-state index in [9.17, 15) is 14.0 Å². The molecule has 2 aromatic rings. The van der Waals surface area contributed by atoms with Crippen molar-refractivity contribution in [3.05, 3.63) is 35.5 Å². The lowest BCUT2D eigenvalue weighted by Gasteiger charge is -2.19. The molecule has 2 rings (SSSR count). The number of nitrogens with zero attached hydrogens (tertiary/aromatic N) is 2. The van der Waals surface area contributed by atoms with Crippen LogP contribution in [-0.4, -0.2) is 27.7 Å². The summed E-state index contributed by atoms with van der Waals surface area (Å²) in [5.74, 6) is -1.73. The summed E-state index contributed by atoms with van der Waals surface area (Å²) < 4.78 is 29.7. The molecule has 0 bridgehead atoms. The van der Waals surface area contributed by atoms with E-state index in [0.29, 0.717) is 12.0 Å². The van der Waals surface area contributed by atoms with E-state index in [2.05, 4.69) is 10.1 Å². The first-order valence-electron chi connectivity index (χ1n) is 8.14. The van der Waals surface area contributed by atoms with Crippen molar-refractivity contribution in [1.29, 1.82) is 0 Å². The van der Waals surface area contributed by atoms with Gasteiger partial charge in [-0.25, -0.2) is 9.18 Å². The van der Waals surface area contributed by atoms with Crippen LogP contribution in [0.3, 0.4) is 0 Å². The fraction of sp³-hybridized carbons (Fsp3) is 0.444. The minimum absolute atomic E-state index is 0.120. The van der Waals surface area contributed by atoms with E-state index in [4.69, 9.17) is 14.0 Å². The summed E-state index contributed by atoms with van der Waals surface area (Å²) in [5.41, 5.74) is -0.586. The molecule has 0 spiro atoms. The van der Waals surface area contributed by atoms with E-state index in [1.807, 2.05) is 0 Å². The number of rotatable bonds is 5. The van der Waals surface area contributed by atoms with E-state index in [1.54, 1.807) is 27.7 Å². The van der Waals surface area contributed by atoms with Gasteiger partial charge in [0.25, 0.3) is 5.89 Å². The zero-order chi connectivity index (χ0) is 19.5. The number of esters is 2. The molecule has 0 fully saturated rings. The van der Waals surface area contributed by atoms with Crippen molar-refractivity contribution in [3.8, 4) is 11.4 Å². The summed E-state index contributed by atoms with van der Waals surface area (Å²) in [6.45, 7) is 8.18. The minimum Gasteiger partial charge on any atom is -0.456 e. The van der Waals surface area contributed by atoms with Crippen LogP contribution in [0.2, 0.25) is 0 Å². The molecule has 0 amide bonds. The van der Waals surface area contributed by atoms with Crippen molar-refractivity contribution in [2.45, 2.75) is 52.7 Å². The lowest BCUT2D eigenvalue weighted by atomic mass is 10.1. The van der Waals surface area contributed by atoms with Crippen molar-refractivity contribution in [3.63, 3.8) is 0 Å². The lowest BCUT2D eigenvalue weighted by Crippen LogP contribution is -2.24. The molecule has 7 nitrogen and oxygen atoms in total. The first kappa shape index (κ1) is 19.6. The summed E-state index contributed by atoms with van der Waals surface area (Å²) in [7, 11) is 0. The number of benzene rings is 1. The molecule has 26 heavy (non-hydrogen) atoms. The van der Waals surface area contributed by atoms with Crippen LogP contribution in [0.1, 0.15) is 63.4 Å². The largest absolute Gasteiger partial charge is 0.456 e. The van der Waals surface area contributed by atoms with Crippen molar-refractivity contribution in [2.75, 3.05) is 0 Å². The van der Waals surface area contributed by atoms with Gasteiger partial charge in [0.15, 0.2) is 6.10 Å². The first-order chi connectivity index (χ1) is 12.1. The molecule has 0 saturated heterocycles. The highest BCUT2D eigenvalue weighted by Gasteiger charge is 2.23. The third-order valence-corrected chi connectivity index (χ3v) is 3.24. The van der Waals surface area contributed by atoms with Crippen LogP contribution in [0.5, 0.6) is 0 Å². The monoisotopic (exact) mass is 364 g/mol. The number of halogens is 1. The van der Waals surface area contributed by atoms with E-state index in [0.717, 1.165) is 6.07 Å². The number of hydrogen-bond donors (Lipinski definition) is 0. The number of aromatic nitrogens is 2. The quantitative estimate of drug-likeness (QED) is 0.744. The molecule has 140 valence electrons. The molecule has 0 saturated carbocycles. The Morgan fingerprint density at radius 2 is 2.00 bits per heavy atom. The summed E-state index contributed by atoms with van der Waals surface area (Å²) in [6, 6.07) is 3.92. The molecule has 0 aliphatic heterocycles. The average molecular weight is 364 g/mol. The van der Waals surface area contributed by atoms with Crippen LogP contribution in [0, 0.1) is 5.82 Å². The summed E-state index contributed by atoms with van der Waals surface area (Å²) in [6.07, 6.45) is -0.215. The highest BCUT2D eigenvalue weighted by atomic mass is 19.1. The molecular formula is C18H21FN2O5. The smallest absolute Gasteiger partial charge is 0.341 e. The normalized spacial score (nSPS) is 12.5. The van der Waals surface area contributed by atoms with Crippen molar-refractivity contribution < 1.29 is 28.0 Å². The Balaban J connectivity index is 2.24. The molecule has 1 heterocycles. The standard InChI is InChI=1S/C18H21FN2O5/c1-6-14(24-10(2)22)16-20-15(21-26-16)11-7-8-12(13(19)9-11)17(23)25-18(3,4)5/h7-9,14H,6H2,1-5H3/t14-/m0/s1. The second-order valence-electron chi connectivity index (χ2n) is 6.66. The fourth-order valence-corrected chi connectivity index (χ4v) is 2.14. The molecule has 0 radical (unpaired) electrons. The number of ether oxygens (including phenoxy) is 2. The van der Waals surface area contributed by atoms with Crippen LogP contribution in [0.25, 0.3) is 11.4 Å². The predicted molar refractivity (Wildman–Crippen MR) is 89.7 cm³/mol. The van der Waals surface area contributed by atoms with Crippen molar-refractivity contribution >= 4 is 11.9 Å². The van der Waals surface area contributed by atoms with E-state index < -0.39 is 29.5 Å². The summed E-state index contributed by atoms with van der Waals surface area (Å²) in [4.78, 5) is 27.2. The zero-order valence-corrected chi connectivity index (χ0v) is 15.3. The number of carbonyl (C=O) groups is 2. The third-order valence-electron chi connectivity index (χ3n) is 3.24. The Bertz CT molecular complexity index is 810. The van der Waals surface area contributed by atoms with Gasteiger partial charge in [0.05, 0.1) is 5.56 Å². The van der Waals surface area contributed by atoms with Gasteiger partial charge in [-0.1, -0.05) is 12.1 Å². The predicted octanol–water partition coefficient (Wildman–Crippen LogP) is 3.85. The van der Waals surface area contributed by atoms with Gasteiger partial charge in [0.2, 0.25) is 5.82 Å². The maximum Gasteiger partial charge on any atom is 0.341 e. The summed E-state index contributed by atoms with van der Waals surface area (Å²) >= 11 is 0. The Morgan fingerprint density at radius 3 is 2.54 bits per heavy atom. The minimum atomic E-state index is -0.755. The highest BCUT2D eigenvalue weighted by Crippen LogP contribution is 2.25. The Kier molecular flexibility index (Phi) is 5.74. The molecule has 1 aromatic carbocycles. The van der Waals surface area contributed by atoms with Gasteiger partial charge in [0.1, 0.15) is 11.4 Å². The number of hydrogen-bond acceptors (Lipinski definition) is 7. The van der Waals surface area contributed by atoms with Crippen LogP contribution in [0.15, 0.2) is 22.7 Å². The molecule has 0 unspecified atom stereocenters. The topological polar surface area (TPSA) is 91.5 Å². The maximum atomic E-state index is 14.3. The molecule has 1 atom stereocenters. The molecule has 8 heteroatoms. The van der Waals surface area contributed by atoms with Crippen LogP contribution in [0.4, 0.5) is 4.39 Å². The van der Waals surface area contributed by atoms with Crippen molar-refractivity contribution in [1.82, 2.24) is 10.1 Å². The first-order valence-corrected chi connectivity index (χ1v) is 8.14. The van der Waals surface area contributed by atoms with Crippen LogP contribution in [-0.2, 0) is 14.3 Å². The third kappa shape index (κ3) is 4.87. The van der Waals surface area contributed by atoms with Crippen LogP contribution < -0.4 is 0 Å². The molecule has 0 aliphatic carbocycles. The molecule has 0 aliphatic rings. The summed E-state index contributed by atoms with van der Waals surface area (Å²) in [5, 5.41) is 3.78. The van der Waals surface area contributed by atoms with Gasteiger partial charge >= 0.3 is 11.9 Å². The molecular weight excluding hydrogens is 343 g/mol. The van der Waals surface area contributed by atoms with Gasteiger partial charge in [-0.3, -0.25) is 4.79 Å². The second kappa shape index (κ2) is 7.63. The van der Waals surface area contributed by atoms with Gasteiger partial charge in [-0.15, -0.1) is 0 Å². The van der Waals surface area contributed by atoms with E-state index in [-0.39, 0.29) is 17.3 Å². The average Bonchev–Trinajstić information content (AvgIpc) is 3.00. The number of carbonyl (C=O) groups excluding carboxylic acids is 2. The van der Waals surface area contributed by atoms with Gasteiger partial charge in [0, 0.05) is 12.5 Å². The maximum absolute atomic E-state index is 14.3. The van der Waals surface area contributed by atoms with E-state index in [1.165, 1.54) is 19.1 Å². The van der Waals surface area contributed by atoms with Crippen LogP contribution >= 0.6 is 0 Å². The zero-order valence-electron chi connectivity index (χ0n) is 15.3. The Labute approximate surface area is 150 Å². The van der Waals surface area contributed by atoms with E-state index >= 15 is 0 Å². The lowest BCUT2D eigenvalue weighted by molar-refractivity contribution is -0.148.